The van der Waals surface area contributed by atoms with Gasteiger partial charge in [-0.25, -0.2) is 9.13 Å². The van der Waals surface area contributed by atoms with Crippen LogP contribution < -0.4 is 0 Å². The van der Waals surface area contributed by atoms with E-state index in [1.807, 2.05) is 0 Å². The molecule has 17 nitrogen and oxygen atoms in total. The van der Waals surface area contributed by atoms with Crippen LogP contribution in [0, 0.1) is 17.8 Å². The van der Waals surface area contributed by atoms with Crippen LogP contribution in [-0.2, 0) is 65.4 Å². The fraction of sp³-hybridized carbons (Fsp3) is 0.901. The molecular formula is C81H154O17P2. The maximum absolute atomic E-state index is 13.1. The zero-order chi connectivity index (χ0) is 73.7. The average Bonchev–Trinajstić information content (AvgIpc) is 0.920. The average molecular weight is 1460 g/mol. The predicted octanol–water partition coefficient (Wildman–Crippen LogP) is 23.7. The maximum Gasteiger partial charge on any atom is 0.472 e. The molecule has 0 saturated carbocycles. The van der Waals surface area contributed by atoms with Gasteiger partial charge in [-0.15, -0.1) is 0 Å². The van der Waals surface area contributed by atoms with Gasteiger partial charge in [-0.3, -0.25) is 37.3 Å². The number of carbonyl (C=O) groups excluding carboxylic acids is 4. The van der Waals surface area contributed by atoms with E-state index >= 15 is 0 Å². The molecule has 0 aliphatic heterocycles. The number of hydrogen-bond donors (Lipinski definition) is 3. The van der Waals surface area contributed by atoms with Gasteiger partial charge < -0.3 is 33.8 Å². The van der Waals surface area contributed by atoms with Gasteiger partial charge in [0.25, 0.3) is 0 Å². The number of rotatable bonds is 77. The highest BCUT2D eigenvalue weighted by Crippen LogP contribution is 2.45. The number of allylic oxidation sites excluding steroid dienone is 4. The highest BCUT2D eigenvalue weighted by atomic mass is 31.2. The van der Waals surface area contributed by atoms with Crippen molar-refractivity contribution in [2.24, 2.45) is 17.8 Å². The molecule has 0 bridgehead atoms. The molecule has 0 radical (unpaired) electrons. The maximum atomic E-state index is 13.1. The first kappa shape index (κ1) is 97.5. The molecule has 5 atom stereocenters. The second-order valence-corrected chi connectivity index (χ2v) is 32.8. The van der Waals surface area contributed by atoms with Crippen molar-refractivity contribution in [3.05, 3.63) is 24.3 Å². The summed E-state index contributed by atoms with van der Waals surface area (Å²) in [7, 11) is -9.93. The molecule has 0 aliphatic carbocycles. The monoisotopic (exact) mass is 1460 g/mol. The number of aliphatic hydroxyl groups is 1. The van der Waals surface area contributed by atoms with Crippen LogP contribution >= 0.6 is 15.6 Å². The number of phosphoric ester groups is 2. The van der Waals surface area contributed by atoms with E-state index in [2.05, 4.69) is 72.8 Å². The van der Waals surface area contributed by atoms with E-state index in [1.165, 1.54) is 186 Å². The molecule has 19 heteroatoms. The summed E-state index contributed by atoms with van der Waals surface area (Å²) in [5.74, 6) is 0.153. The van der Waals surface area contributed by atoms with Crippen molar-refractivity contribution in [3.63, 3.8) is 0 Å². The minimum absolute atomic E-state index is 0.101. The molecule has 2 unspecified atom stereocenters. The molecule has 590 valence electrons. The minimum Gasteiger partial charge on any atom is -0.462 e. The SMILES string of the molecule is CCCCCC/C=C\C=C/CCCCCCCC(=O)OC[C@H](COP(=O)(O)OC[C@@H](O)COP(=O)(O)OC[C@@H](COC(=O)CCCCCCCCCCCC(C)C)OC(=O)CCCCCCCCCCCC(C)C)OC(=O)CCCCCCCCCCCCCCCCCCCCC(C)C. The Hall–Kier alpha value is -2.46. The van der Waals surface area contributed by atoms with E-state index in [0.717, 1.165) is 127 Å². The van der Waals surface area contributed by atoms with Gasteiger partial charge in [0.05, 0.1) is 26.4 Å². The minimum atomic E-state index is -4.97. The number of esters is 4. The van der Waals surface area contributed by atoms with Gasteiger partial charge >= 0.3 is 39.5 Å². The zero-order valence-corrected chi connectivity index (χ0v) is 66.9. The van der Waals surface area contributed by atoms with E-state index in [4.69, 9.17) is 37.0 Å². The fourth-order valence-electron chi connectivity index (χ4n) is 11.9. The van der Waals surface area contributed by atoms with E-state index in [-0.39, 0.29) is 25.7 Å². The Morgan fingerprint density at radius 3 is 0.810 bits per heavy atom. The van der Waals surface area contributed by atoms with E-state index < -0.39 is 97.5 Å². The second kappa shape index (κ2) is 70.8. The molecule has 0 fully saturated rings. The van der Waals surface area contributed by atoms with Crippen molar-refractivity contribution in [2.45, 2.75) is 414 Å². The van der Waals surface area contributed by atoms with Crippen LogP contribution in [-0.4, -0.2) is 96.7 Å². The molecule has 0 aromatic heterocycles. The Kier molecular flexibility index (Phi) is 69.1. The van der Waals surface area contributed by atoms with E-state index in [9.17, 15) is 43.2 Å². The Balaban J connectivity index is 5.26. The summed E-state index contributed by atoms with van der Waals surface area (Å²) in [4.78, 5) is 73.0. The summed E-state index contributed by atoms with van der Waals surface area (Å²) in [6.45, 7) is 11.9. The molecule has 0 rings (SSSR count). The van der Waals surface area contributed by atoms with Crippen LogP contribution in [0.5, 0.6) is 0 Å². The molecule has 0 spiro atoms. The largest absolute Gasteiger partial charge is 0.472 e. The topological polar surface area (TPSA) is 237 Å². The van der Waals surface area contributed by atoms with E-state index in [0.29, 0.717) is 25.7 Å². The van der Waals surface area contributed by atoms with Crippen molar-refractivity contribution in [1.29, 1.82) is 0 Å². The van der Waals surface area contributed by atoms with Crippen LogP contribution in [0.3, 0.4) is 0 Å². The van der Waals surface area contributed by atoms with Crippen molar-refractivity contribution in [2.75, 3.05) is 39.6 Å². The highest BCUT2D eigenvalue weighted by Gasteiger charge is 2.30. The molecule has 0 saturated heterocycles. The van der Waals surface area contributed by atoms with Gasteiger partial charge in [0.2, 0.25) is 0 Å². The number of aliphatic hydroxyl groups excluding tert-OH is 1. The first-order chi connectivity index (χ1) is 48.2. The van der Waals surface area contributed by atoms with Gasteiger partial charge in [-0.2, -0.15) is 0 Å². The zero-order valence-electron chi connectivity index (χ0n) is 65.2. The Labute approximate surface area is 612 Å². The lowest BCUT2D eigenvalue weighted by molar-refractivity contribution is -0.161. The van der Waals surface area contributed by atoms with Gasteiger partial charge in [-0.1, -0.05) is 342 Å². The summed E-state index contributed by atoms with van der Waals surface area (Å²) >= 11 is 0. The number of unbranched alkanes of at least 4 members (excludes halogenated alkanes) is 42. The van der Waals surface area contributed by atoms with Crippen LogP contribution in [0.15, 0.2) is 24.3 Å². The standard InChI is InChI=1S/C81H154O17P2/c1-8-9-10-11-12-13-14-15-20-24-27-34-41-48-55-62-78(83)91-68-76(97-80(85)64-57-50-43-35-28-25-22-19-17-16-18-21-23-26-31-38-45-52-59-72(2)3)70-95-99(87,88)93-66-75(82)67-94-100(89,90)96-71-77(98-81(86)65-58-51-44-37-30-33-40-47-54-61-74(6)7)69-92-79(84)63-56-49-42-36-29-32-39-46-53-60-73(4)5/h13-15,20,72-77,82H,8-12,16-19,21-71H2,1-7H3,(H,87,88)(H,89,90)/b14-13-,20-15-/t75-,76-,77-/m1/s1. The molecule has 0 amide bonds. The summed E-state index contributed by atoms with van der Waals surface area (Å²) in [6.07, 6.45) is 61.9. The van der Waals surface area contributed by atoms with Crippen molar-refractivity contribution in [3.8, 4) is 0 Å². The third-order valence-corrected chi connectivity index (χ3v) is 20.2. The molecule has 0 aromatic rings. The smallest absolute Gasteiger partial charge is 0.462 e. The van der Waals surface area contributed by atoms with Gasteiger partial charge in [0, 0.05) is 25.7 Å². The van der Waals surface area contributed by atoms with Crippen LogP contribution in [0.2, 0.25) is 0 Å². The normalized spacial score (nSPS) is 14.1. The molecular weight excluding hydrogens is 1310 g/mol. The predicted molar refractivity (Wildman–Crippen MR) is 409 cm³/mol. The van der Waals surface area contributed by atoms with Crippen molar-refractivity contribution in [1.82, 2.24) is 0 Å². The number of hydrogen-bond acceptors (Lipinski definition) is 15. The van der Waals surface area contributed by atoms with Crippen molar-refractivity contribution < 1.29 is 80.2 Å². The van der Waals surface area contributed by atoms with Crippen molar-refractivity contribution >= 4 is 39.5 Å². The van der Waals surface area contributed by atoms with Gasteiger partial charge in [0.15, 0.2) is 12.2 Å². The Morgan fingerprint density at radius 1 is 0.310 bits per heavy atom. The third kappa shape index (κ3) is 73.8. The lowest BCUT2D eigenvalue weighted by atomic mass is 10.0. The van der Waals surface area contributed by atoms with Gasteiger partial charge in [-0.05, 0) is 69.1 Å². The lowest BCUT2D eigenvalue weighted by Gasteiger charge is -2.21. The first-order valence-electron chi connectivity index (χ1n) is 41.2. The Morgan fingerprint density at radius 2 is 0.540 bits per heavy atom. The first-order valence-corrected chi connectivity index (χ1v) is 44.2. The molecule has 100 heavy (non-hydrogen) atoms. The van der Waals surface area contributed by atoms with Crippen LogP contribution in [0.4, 0.5) is 0 Å². The second-order valence-electron chi connectivity index (χ2n) is 29.9. The molecule has 0 aliphatic rings. The van der Waals surface area contributed by atoms with Crippen LogP contribution in [0.1, 0.15) is 395 Å². The van der Waals surface area contributed by atoms with Crippen LogP contribution in [0.25, 0.3) is 0 Å². The van der Waals surface area contributed by atoms with E-state index in [1.54, 1.807) is 0 Å². The molecule has 0 aromatic carbocycles. The Bertz CT molecular complexity index is 2030. The van der Waals surface area contributed by atoms with Gasteiger partial charge in [0.1, 0.15) is 19.3 Å². The number of ether oxygens (including phenoxy) is 4. The molecule has 3 N–H and O–H groups in total. The number of carbonyl (C=O) groups is 4. The molecule has 0 heterocycles. The fourth-order valence-corrected chi connectivity index (χ4v) is 13.5. The third-order valence-electron chi connectivity index (χ3n) is 18.3. The summed E-state index contributed by atoms with van der Waals surface area (Å²) in [6, 6.07) is 0. The summed E-state index contributed by atoms with van der Waals surface area (Å²) < 4.78 is 68.6. The lowest BCUT2D eigenvalue weighted by Crippen LogP contribution is -2.30. The summed E-state index contributed by atoms with van der Waals surface area (Å²) in [5, 5.41) is 10.6. The summed E-state index contributed by atoms with van der Waals surface area (Å²) in [5.41, 5.74) is 0. The highest BCUT2D eigenvalue weighted by molar-refractivity contribution is 7.47. The quantitative estimate of drug-likeness (QED) is 0.0169. The number of phosphoric acid groups is 2.